The standard InChI is InChI=1S/C26H28N2O2/c1-16(21-12-6-9-17-7-2-4-10-22(17)21)27-20-13-19(14-20)26(30)28-25-23-11-5-3-8-18(23)15-24(25)29/h2-12,16,19-20,24-25,27,29H,13-15H2,1H3,(H,28,30)/t16-,19?,20?,24-,25+/m1/s1. The lowest BCUT2D eigenvalue weighted by molar-refractivity contribution is -0.129. The smallest absolute Gasteiger partial charge is 0.223 e. The van der Waals surface area contributed by atoms with Crippen molar-refractivity contribution in [3.8, 4) is 0 Å². The predicted molar refractivity (Wildman–Crippen MR) is 119 cm³/mol. The van der Waals surface area contributed by atoms with Crippen molar-refractivity contribution in [2.45, 2.75) is 50.4 Å². The maximum absolute atomic E-state index is 12.8. The molecule has 3 aromatic rings. The summed E-state index contributed by atoms with van der Waals surface area (Å²) in [4.78, 5) is 12.8. The van der Waals surface area contributed by atoms with Crippen LogP contribution in [0.5, 0.6) is 0 Å². The minimum Gasteiger partial charge on any atom is -0.390 e. The fourth-order valence-corrected chi connectivity index (χ4v) is 5.06. The van der Waals surface area contributed by atoms with Gasteiger partial charge in [-0.3, -0.25) is 4.79 Å². The first-order valence-corrected chi connectivity index (χ1v) is 10.9. The first kappa shape index (κ1) is 19.3. The van der Waals surface area contributed by atoms with E-state index in [0.717, 1.165) is 24.0 Å². The molecule has 154 valence electrons. The highest BCUT2D eigenvalue weighted by Crippen LogP contribution is 2.35. The Morgan fingerprint density at radius 2 is 1.73 bits per heavy atom. The molecule has 0 spiro atoms. The number of hydrogen-bond donors (Lipinski definition) is 3. The molecule has 1 saturated carbocycles. The number of hydrogen-bond acceptors (Lipinski definition) is 3. The van der Waals surface area contributed by atoms with E-state index in [0.29, 0.717) is 12.5 Å². The van der Waals surface area contributed by atoms with Crippen LogP contribution in [0.4, 0.5) is 0 Å². The third-order valence-electron chi connectivity index (χ3n) is 6.79. The average molecular weight is 401 g/mol. The second kappa shape index (κ2) is 7.86. The minimum absolute atomic E-state index is 0.0159. The van der Waals surface area contributed by atoms with E-state index >= 15 is 0 Å². The summed E-state index contributed by atoms with van der Waals surface area (Å²) in [6.07, 6.45) is 1.75. The van der Waals surface area contributed by atoms with E-state index in [2.05, 4.69) is 60.0 Å². The van der Waals surface area contributed by atoms with Gasteiger partial charge in [0.05, 0.1) is 12.1 Å². The van der Waals surface area contributed by atoms with Gasteiger partial charge in [-0.25, -0.2) is 0 Å². The Labute approximate surface area is 177 Å². The molecule has 1 amide bonds. The molecule has 4 nitrogen and oxygen atoms in total. The fourth-order valence-electron chi connectivity index (χ4n) is 5.06. The Bertz CT molecular complexity index is 1070. The van der Waals surface area contributed by atoms with Crippen LogP contribution in [0.2, 0.25) is 0 Å². The van der Waals surface area contributed by atoms with Crippen molar-refractivity contribution in [1.29, 1.82) is 0 Å². The number of aliphatic hydroxyl groups excluding tert-OH is 1. The number of fused-ring (bicyclic) bond motifs is 2. The second-order valence-corrected chi connectivity index (χ2v) is 8.78. The highest BCUT2D eigenvalue weighted by Gasteiger charge is 2.38. The highest BCUT2D eigenvalue weighted by atomic mass is 16.3. The van der Waals surface area contributed by atoms with E-state index in [4.69, 9.17) is 0 Å². The maximum Gasteiger partial charge on any atom is 0.223 e. The summed E-state index contributed by atoms with van der Waals surface area (Å²) in [5, 5.41) is 19.7. The molecule has 30 heavy (non-hydrogen) atoms. The van der Waals surface area contributed by atoms with Crippen molar-refractivity contribution in [2.75, 3.05) is 0 Å². The van der Waals surface area contributed by atoms with Gasteiger partial charge in [-0.2, -0.15) is 0 Å². The zero-order valence-corrected chi connectivity index (χ0v) is 17.2. The zero-order valence-electron chi connectivity index (χ0n) is 17.2. The van der Waals surface area contributed by atoms with Crippen molar-refractivity contribution in [1.82, 2.24) is 10.6 Å². The molecule has 0 bridgehead atoms. The van der Waals surface area contributed by atoms with Gasteiger partial charge in [-0.05, 0) is 47.2 Å². The summed E-state index contributed by atoms with van der Waals surface area (Å²) in [6, 6.07) is 23.2. The van der Waals surface area contributed by atoms with E-state index in [1.165, 1.54) is 16.3 Å². The molecule has 3 N–H and O–H groups in total. The topological polar surface area (TPSA) is 61.4 Å². The van der Waals surface area contributed by atoms with Gasteiger partial charge in [0.1, 0.15) is 0 Å². The molecule has 1 fully saturated rings. The number of amides is 1. The summed E-state index contributed by atoms with van der Waals surface area (Å²) < 4.78 is 0. The number of carbonyl (C=O) groups is 1. The molecule has 0 unspecified atom stereocenters. The van der Waals surface area contributed by atoms with Crippen LogP contribution < -0.4 is 10.6 Å². The van der Waals surface area contributed by atoms with E-state index in [1.54, 1.807) is 0 Å². The van der Waals surface area contributed by atoms with Gasteiger partial charge in [0.15, 0.2) is 0 Å². The van der Waals surface area contributed by atoms with Gasteiger partial charge in [-0.1, -0.05) is 66.7 Å². The molecule has 0 radical (unpaired) electrons. The lowest BCUT2D eigenvalue weighted by Crippen LogP contribution is -2.49. The Morgan fingerprint density at radius 1 is 1.00 bits per heavy atom. The summed E-state index contributed by atoms with van der Waals surface area (Å²) in [5.74, 6) is 0.0776. The first-order valence-electron chi connectivity index (χ1n) is 10.9. The number of rotatable bonds is 5. The maximum atomic E-state index is 12.8. The predicted octanol–water partition coefficient (Wildman–Crippen LogP) is 4.04. The largest absolute Gasteiger partial charge is 0.390 e. The highest BCUT2D eigenvalue weighted by molar-refractivity contribution is 5.86. The van der Waals surface area contributed by atoms with E-state index < -0.39 is 6.10 Å². The summed E-state index contributed by atoms with van der Waals surface area (Å²) in [7, 11) is 0. The summed E-state index contributed by atoms with van der Waals surface area (Å²) in [5.41, 5.74) is 3.48. The lowest BCUT2D eigenvalue weighted by Gasteiger charge is -2.38. The van der Waals surface area contributed by atoms with Crippen molar-refractivity contribution < 1.29 is 9.90 Å². The van der Waals surface area contributed by atoms with Crippen molar-refractivity contribution >= 4 is 16.7 Å². The van der Waals surface area contributed by atoms with Crippen LogP contribution in [-0.2, 0) is 11.2 Å². The molecule has 2 aliphatic rings. The normalized spacial score (nSPS) is 26.1. The number of aliphatic hydroxyl groups is 1. The van der Waals surface area contributed by atoms with Gasteiger partial charge in [0.25, 0.3) is 0 Å². The lowest BCUT2D eigenvalue weighted by atomic mass is 9.78. The molecule has 3 atom stereocenters. The van der Waals surface area contributed by atoms with Gasteiger partial charge >= 0.3 is 0 Å². The van der Waals surface area contributed by atoms with E-state index in [-0.39, 0.29) is 23.9 Å². The van der Waals surface area contributed by atoms with Crippen molar-refractivity contribution in [3.05, 3.63) is 83.4 Å². The van der Waals surface area contributed by atoms with Crippen molar-refractivity contribution in [3.63, 3.8) is 0 Å². The Hall–Kier alpha value is -2.69. The molecular formula is C26H28N2O2. The zero-order chi connectivity index (χ0) is 20.7. The van der Waals surface area contributed by atoms with Crippen LogP contribution >= 0.6 is 0 Å². The minimum atomic E-state index is -0.535. The number of carbonyl (C=O) groups excluding carboxylic acids is 1. The fraction of sp³-hybridized carbons (Fsp3) is 0.346. The molecule has 0 heterocycles. The van der Waals surface area contributed by atoms with Gasteiger partial charge in [-0.15, -0.1) is 0 Å². The summed E-state index contributed by atoms with van der Waals surface area (Å²) >= 11 is 0. The van der Waals surface area contributed by atoms with Gasteiger partial charge in [0, 0.05) is 24.4 Å². The SMILES string of the molecule is C[C@@H](NC1CC(C(=O)N[C@H]2c3ccccc3C[C@H]2O)C1)c1cccc2ccccc12. The van der Waals surface area contributed by atoms with Crippen LogP contribution in [0, 0.1) is 5.92 Å². The molecule has 3 aromatic carbocycles. The molecule has 2 aliphatic carbocycles. The molecule has 5 rings (SSSR count). The third-order valence-corrected chi connectivity index (χ3v) is 6.79. The second-order valence-electron chi connectivity index (χ2n) is 8.78. The Kier molecular flexibility index (Phi) is 5.05. The van der Waals surface area contributed by atoms with Crippen LogP contribution in [-0.4, -0.2) is 23.2 Å². The Morgan fingerprint density at radius 3 is 2.60 bits per heavy atom. The quantitative estimate of drug-likeness (QED) is 0.606. The molecule has 4 heteroatoms. The number of nitrogens with one attached hydrogen (secondary N) is 2. The Balaban J connectivity index is 1.18. The van der Waals surface area contributed by atoms with Crippen LogP contribution in [0.25, 0.3) is 10.8 Å². The molecule has 0 aromatic heterocycles. The number of benzene rings is 3. The van der Waals surface area contributed by atoms with Gasteiger partial charge < -0.3 is 15.7 Å². The molecule has 0 aliphatic heterocycles. The van der Waals surface area contributed by atoms with Crippen LogP contribution in [0.3, 0.4) is 0 Å². The summed E-state index contributed by atoms with van der Waals surface area (Å²) in [6.45, 7) is 2.20. The van der Waals surface area contributed by atoms with Gasteiger partial charge in [0.2, 0.25) is 5.91 Å². The molecule has 0 saturated heterocycles. The van der Waals surface area contributed by atoms with Crippen LogP contribution in [0.15, 0.2) is 66.7 Å². The third kappa shape index (κ3) is 3.51. The van der Waals surface area contributed by atoms with E-state index in [9.17, 15) is 9.90 Å². The average Bonchev–Trinajstić information content (AvgIpc) is 3.04. The van der Waals surface area contributed by atoms with Crippen LogP contribution in [0.1, 0.15) is 48.5 Å². The molecular weight excluding hydrogens is 372 g/mol. The first-order chi connectivity index (χ1) is 14.6. The van der Waals surface area contributed by atoms with E-state index in [1.807, 2.05) is 24.3 Å². The van der Waals surface area contributed by atoms with Crippen molar-refractivity contribution in [2.24, 2.45) is 5.92 Å². The monoisotopic (exact) mass is 400 g/mol.